The lowest BCUT2D eigenvalue weighted by Gasteiger charge is -2.34. The zero-order valence-corrected chi connectivity index (χ0v) is 14.4. The summed E-state index contributed by atoms with van der Waals surface area (Å²) in [5.74, 6) is 1.19. The normalized spacial score (nSPS) is 16.2. The van der Waals surface area contributed by atoms with Gasteiger partial charge >= 0.3 is 0 Å². The molecule has 1 atom stereocenters. The highest BCUT2D eigenvalue weighted by Crippen LogP contribution is 2.35. The lowest BCUT2D eigenvalue weighted by atomic mass is 10.1. The van der Waals surface area contributed by atoms with E-state index in [0.29, 0.717) is 22.3 Å². The summed E-state index contributed by atoms with van der Waals surface area (Å²) in [4.78, 5) is 28.1. The van der Waals surface area contributed by atoms with Gasteiger partial charge in [-0.3, -0.25) is 4.79 Å². The number of ether oxygens (including phenoxy) is 1. The molecule has 0 aliphatic carbocycles. The first-order valence-corrected chi connectivity index (χ1v) is 8.88. The second kappa shape index (κ2) is 6.60. The van der Waals surface area contributed by atoms with E-state index < -0.39 is 0 Å². The third kappa shape index (κ3) is 2.98. The van der Waals surface area contributed by atoms with Crippen LogP contribution in [-0.4, -0.2) is 33.5 Å². The zero-order valence-electron chi connectivity index (χ0n) is 13.6. The molecule has 2 aromatic heterocycles. The Morgan fingerprint density at radius 1 is 1.24 bits per heavy atom. The molecule has 0 N–H and O–H groups in total. The van der Waals surface area contributed by atoms with Crippen molar-refractivity contribution in [2.24, 2.45) is 0 Å². The van der Waals surface area contributed by atoms with Crippen LogP contribution in [0.3, 0.4) is 0 Å². The van der Waals surface area contributed by atoms with Crippen molar-refractivity contribution in [2.75, 3.05) is 11.4 Å². The topological polar surface area (TPSA) is 68.2 Å². The lowest BCUT2D eigenvalue weighted by Crippen LogP contribution is -2.43. The number of aromatic nitrogens is 3. The number of amides is 1. The second-order valence-electron chi connectivity index (χ2n) is 5.63. The number of carbonyl (C=O) groups is 1. The Labute approximate surface area is 149 Å². The van der Waals surface area contributed by atoms with E-state index in [4.69, 9.17) is 4.74 Å². The molecular weight excluding hydrogens is 336 g/mol. The summed E-state index contributed by atoms with van der Waals surface area (Å²) < 4.78 is 5.95. The van der Waals surface area contributed by atoms with Gasteiger partial charge in [-0.25, -0.2) is 15.0 Å². The first kappa shape index (κ1) is 15.7. The molecule has 0 saturated carbocycles. The molecule has 0 bridgehead atoms. The van der Waals surface area contributed by atoms with Gasteiger partial charge in [-0.15, -0.1) is 11.3 Å². The van der Waals surface area contributed by atoms with E-state index in [9.17, 15) is 4.79 Å². The quantitative estimate of drug-likeness (QED) is 0.722. The molecule has 1 aromatic carbocycles. The predicted molar refractivity (Wildman–Crippen MR) is 96.0 cm³/mol. The molecule has 4 rings (SSSR count). The fraction of sp³-hybridized carbons (Fsp3) is 0.222. The maximum absolute atomic E-state index is 13.1. The van der Waals surface area contributed by atoms with Gasteiger partial charge in [0.05, 0.1) is 18.4 Å². The average molecular weight is 352 g/mol. The van der Waals surface area contributed by atoms with E-state index in [-0.39, 0.29) is 12.0 Å². The molecule has 0 unspecified atom stereocenters. The van der Waals surface area contributed by atoms with Crippen LogP contribution in [0.2, 0.25) is 0 Å². The van der Waals surface area contributed by atoms with Crippen LogP contribution in [0.5, 0.6) is 5.75 Å². The molecule has 25 heavy (non-hydrogen) atoms. The zero-order chi connectivity index (χ0) is 17.2. The molecule has 7 heteroatoms. The average Bonchev–Trinajstić information content (AvgIpc) is 3.17. The predicted octanol–water partition coefficient (Wildman–Crippen LogP) is 3.42. The number of thiazole rings is 1. The minimum Gasteiger partial charge on any atom is -0.486 e. The molecule has 1 aliphatic heterocycles. The summed E-state index contributed by atoms with van der Waals surface area (Å²) in [6.45, 7) is 2.58. The molecule has 1 amide bonds. The number of benzene rings is 1. The Balaban J connectivity index is 1.66. The monoisotopic (exact) mass is 352 g/mol. The smallest absolute Gasteiger partial charge is 0.270 e. The Bertz CT molecular complexity index is 897. The van der Waals surface area contributed by atoms with Crippen LogP contribution in [0.4, 0.5) is 5.69 Å². The highest BCUT2D eigenvalue weighted by atomic mass is 32.1. The van der Waals surface area contributed by atoms with Crippen molar-refractivity contribution in [3.05, 3.63) is 53.8 Å². The molecule has 0 fully saturated rings. The summed E-state index contributed by atoms with van der Waals surface area (Å²) in [5, 5.41) is 0.637. The largest absolute Gasteiger partial charge is 0.486 e. The second-order valence-corrected chi connectivity index (χ2v) is 6.66. The third-order valence-electron chi connectivity index (χ3n) is 4.01. The number of hydrogen-bond donors (Lipinski definition) is 0. The summed E-state index contributed by atoms with van der Waals surface area (Å²) in [6, 6.07) is 9.37. The first-order chi connectivity index (χ1) is 12.3. The van der Waals surface area contributed by atoms with E-state index in [2.05, 4.69) is 21.9 Å². The van der Waals surface area contributed by atoms with E-state index in [1.807, 2.05) is 24.3 Å². The van der Waals surface area contributed by atoms with Crippen LogP contribution < -0.4 is 9.64 Å². The number of rotatable bonds is 3. The molecule has 6 nitrogen and oxygen atoms in total. The van der Waals surface area contributed by atoms with Gasteiger partial charge in [-0.1, -0.05) is 19.1 Å². The van der Waals surface area contributed by atoms with Crippen LogP contribution in [0.1, 0.15) is 23.0 Å². The van der Waals surface area contributed by atoms with Gasteiger partial charge in [0.2, 0.25) is 0 Å². The Morgan fingerprint density at radius 3 is 2.84 bits per heavy atom. The van der Waals surface area contributed by atoms with E-state index in [1.54, 1.807) is 29.6 Å². The van der Waals surface area contributed by atoms with Crippen LogP contribution in [0.15, 0.2) is 48.9 Å². The van der Waals surface area contributed by atoms with Crippen LogP contribution in [-0.2, 0) is 0 Å². The third-order valence-corrected chi connectivity index (χ3v) is 4.99. The summed E-state index contributed by atoms with van der Waals surface area (Å²) in [5.41, 5.74) is 0.795. The molecule has 0 radical (unpaired) electrons. The maximum Gasteiger partial charge on any atom is 0.270 e. The van der Waals surface area contributed by atoms with Crippen molar-refractivity contribution in [3.63, 3.8) is 0 Å². The number of hydrogen-bond acceptors (Lipinski definition) is 6. The van der Waals surface area contributed by atoms with Crippen molar-refractivity contribution in [1.82, 2.24) is 15.0 Å². The molecular formula is C18H16N4O2S. The van der Waals surface area contributed by atoms with E-state index >= 15 is 0 Å². The Hall–Kier alpha value is -2.80. The highest BCUT2D eigenvalue weighted by Gasteiger charge is 2.30. The molecule has 1 aliphatic rings. The summed E-state index contributed by atoms with van der Waals surface area (Å²) >= 11 is 1.30. The van der Waals surface area contributed by atoms with Crippen molar-refractivity contribution in [1.29, 1.82) is 0 Å². The Kier molecular flexibility index (Phi) is 4.15. The van der Waals surface area contributed by atoms with Crippen molar-refractivity contribution >= 4 is 22.9 Å². The number of anilines is 1. The van der Waals surface area contributed by atoms with Crippen molar-refractivity contribution in [2.45, 2.75) is 19.4 Å². The lowest BCUT2D eigenvalue weighted by molar-refractivity contribution is 0.0958. The van der Waals surface area contributed by atoms with Crippen LogP contribution >= 0.6 is 11.3 Å². The Morgan fingerprint density at radius 2 is 2.04 bits per heavy atom. The van der Waals surface area contributed by atoms with E-state index in [0.717, 1.165) is 17.9 Å². The van der Waals surface area contributed by atoms with Gasteiger partial charge in [0, 0.05) is 12.4 Å². The van der Waals surface area contributed by atoms with Crippen LogP contribution in [0, 0.1) is 0 Å². The standard InChI is InChI=1S/C18H16N4O2S/c1-2-12-11-22(13-6-3-4-7-14(13)24-12)18(23)15-10-21-17(25-15)16-19-8-5-9-20-16/h3-10,12H,2,11H2,1H3/t12-/m1/s1. The molecule has 0 spiro atoms. The number of para-hydroxylation sites is 2. The minimum absolute atomic E-state index is 0.0105. The first-order valence-electron chi connectivity index (χ1n) is 8.07. The number of nitrogens with zero attached hydrogens (tertiary/aromatic N) is 4. The maximum atomic E-state index is 13.1. The van der Waals surface area contributed by atoms with Gasteiger partial charge in [0.15, 0.2) is 10.8 Å². The summed E-state index contributed by atoms with van der Waals surface area (Å²) in [6.07, 6.45) is 5.75. The fourth-order valence-electron chi connectivity index (χ4n) is 2.72. The molecule has 126 valence electrons. The minimum atomic E-state index is -0.0751. The molecule has 3 heterocycles. The van der Waals surface area contributed by atoms with Gasteiger partial charge < -0.3 is 9.64 Å². The van der Waals surface area contributed by atoms with Gasteiger partial charge in [-0.05, 0) is 24.6 Å². The SMILES string of the molecule is CC[C@@H]1CN(C(=O)c2cnc(-c3ncccn3)s2)c2ccccc2O1. The van der Waals surface area contributed by atoms with Gasteiger partial charge in [0.1, 0.15) is 16.7 Å². The highest BCUT2D eigenvalue weighted by molar-refractivity contribution is 7.16. The van der Waals surface area contributed by atoms with Crippen molar-refractivity contribution in [3.8, 4) is 16.6 Å². The summed E-state index contributed by atoms with van der Waals surface area (Å²) in [7, 11) is 0. The number of carbonyl (C=O) groups excluding carboxylic acids is 1. The van der Waals surface area contributed by atoms with Gasteiger partial charge in [0.25, 0.3) is 5.91 Å². The van der Waals surface area contributed by atoms with Crippen molar-refractivity contribution < 1.29 is 9.53 Å². The fourth-order valence-corrected chi connectivity index (χ4v) is 3.54. The molecule has 0 saturated heterocycles. The van der Waals surface area contributed by atoms with Gasteiger partial charge in [-0.2, -0.15) is 0 Å². The molecule has 3 aromatic rings. The number of fused-ring (bicyclic) bond motifs is 1. The van der Waals surface area contributed by atoms with E-state index in [1.165, 1.54) is 11.3 Å². The van der Waals surface area contributed by atoms with Crippen LogP contribution in [0.25, 0.3) is 10.8 Å².